The van der Waals surface area contributed by atoms with Gasteiger partial charge in [-0.1, -0.05) is 29.4 Å². The second-order valence-corrected chi connectivity index (χ2v) is 8.89. The molecule has 0 fully saturated rings. The van der Waals surface area contributed by atoms with Gasteiger partial charge in [-0.3, -0.25) is 0 Å². The molecular formula is C26H20F6N6O. The summed E-state index contributed by atoms with van der Waals surface area (Å²) in [6, 6.07) is 9.66. The molecule has 5 aromatic rings. The van der Waals surface area contributed by atoms with E-state index in [0.29, 0.717) is 39.3 Å². The zero-order chi connectivity index (χ0) is 27.9. The SMILES string of the molecule is Cc1noc(C)c1-c1nc(NCc2cccc(C(F)(F)F)c2)c2ncn(Cc3ccc(C(F)(F)F)cc3)c2n1. The molecule has 5 rings (SSSR count). The maximum absolute atomic E-state index is 13.2. The van der Waals surface area contributed by atoms with Crippen LogP contribution in [0.2, 0.25) is 0 Å². The number of rotatable bonds is 6. The quantitative estimate of drug-likeness (QED) is 0.236. The number of aryl methyl sites for hydroxylation is 2. The van der Waals surface area contributed by atoms with E-state index < -0.39 is 23.5 Å². The fourth-order valence-electron chi connectivity index (χ4n) is 4.14. The molecule has 2 aromatic carbocycles. The summed E-state index contributed by atoms with van der Waals surface area (Å²) in [5.74, 6) is 0.975. The maximum Gasteiger partial charge on any atom is 0.416 e. The molecule has 0 saturated heterocycles. The van der Waals surface area contributed by atoms with Gasteiger partial charge < -0.3 is 14.4 Å². The number of halogens is 6. The largest absolute Gasteiger partial charge is 0.416 e. The van der Waals surface area contributed by atoms with Crippen LogP contribution in [0, 0.1) is 13.8 Å². The molecule has 0 saturated carbocycles. The molecule has 0 atom stereocenters. The van der Waals surface area contributed by atoms with Crippen molar-refractivity contribution in [1.29, 1.82) is 0 Å². The molecule has 0 aliphatic rings. The Hall–Kier alpha value is -4.42. The molecule has 0 amide bonds. The second-order valence-electron chi connectivity index (χ2n) is 8.89. The normalized spacial score (nSPS) is 12.3. The Bertz CT molecular complexity index is 1620. The molecule has 3 aromatic heterocycles. The van der Waals surface area contributed by atoms with E-state index in [4.69, 9.17) is 4.52 Å². The Kier molecular flexibility index (Phi) is 6.52. The van der Waals surface area contributed by atoms with E-state index in [0.717, 1.165) is 24.3 Å². The molecule has 0 unspecified atom stereocenters. The van der Waals surface area contributed by atoms with E-state index in [-0.39, 0.29) is 24.7 Å². The Morgan fingerprint density at radius 3 is 2.23 bits per heavy atom. The van der Waals surface area contributed by atoms with E-state index in [9.17, 15) is 26.3 Å². The van der Waals surface area contributed by atoms with Crippen molar-refractivity contribution in [2.45, 2.75) is 39.3 Å². The average molecular weight is 546 g/mol. The average Bonchev–Trinajstić information content (AvgIpc) is 3.44. The van der Waals surface area contributed by atoms with Gasteiger partial charge in [-0.25, -0.2) is 15.0 Å². The predicted molar refractivity (Wildman–Crippen MR) is 130 cm³/mol. The van der Waals surface area contributed by atoms with Gasteiger partial charge in [-0.15, -0.1) is 0 Å². The van der Waals surface area contributed by atoms with Crippen LogP contribution in [-0.2, 0) is 25.4 Å². The van der Waals surface area contributed by atoms with E-state index in [1.54, 1.807) is 24.5 Å². The summed E-state index contributed by atoms with van der Waals surface area (Å²) in [6.07, 6.45) is -7.45. The first-order chi connectivity index (χ1) is 18.4. The fourth-order valence-corrected chi connectivity index (χ4v) is 4.14. The van der Waals surface area contributed by atoms with Crippen molar-refractivity contribution < 1.29 is 30.9 Å². The van der Waals surface area contributed by atoms with Crippen LogP contribution >= 0.6 is 0 Å². The number of alkyl halides is 6. The Morgan fingerprint density at radius 1 is 0.872 bits per heavy atom. The van der Waals surface area contributed by atoms with Crippen molar-refractivity contribution in [1.82, 2.24) is 24.7 Å². The van der Waals surface area contributed by atoms with Crippen molar-refractivity contribution in [3.8, 4) is 11.4 Å². The smallest absolute Gasteiger partial charge is 0.364 e. The molecule has 3 heterocycles. The highest BCUT2D eigenvalue weighted by molar-refractivity contribution is 5.85. The maximum atomic E-state index is 13.2. The summed E-state index contributed by atoms with van der Waals surface area (Å²) in [4.78, 5) is 13.6. The van der Waals surface area contributed by atoms with Crippen LogP contribution in [0.25, 0.3) is 22.6 Å². The van der Waals surface area contributed by atoms with Crippen LogP contribution in [0.3, 0.4) is 0 Å². The molecule has 39 heavy (non-hydrogen) atoms. The lowest BCUT2D eigenvalue weighted by Gasteiger charge is -2.12. The van der Waals surface area contributed by atoms with Gasteiger partial charge in [0, 0.05) is 6.54 Å². The van der Waals surface area contributed by atoms with Crippen molar-refractivity contribution >= 4 is 17.0 Å². The van der Waals surface area contributed by atoms with Gasteiger partial charge in [0.1, 0.15) is 11.3 Å². The van der Waals surface area contributed by atoms with Crippen LogP contribution in [0.1, 0.15) is 33.7 Å². The van der Waals surface area contributed by atoms with Gasteiger partial charge >= 0.3 is 12.4 Å². The van der Waals surface area contributed by atoms with Gasteiger partial charge in [0.05, 0.1) is 35.3 Å². The minimum atomic E-state index is -4.48. The lowest BCUT2D eigenvalue weighted by atomic mass is 10.1. The van der Waals surface area contributed by atoms with E-state index >= 15 is 0 Å². The highest BCUT2D eigenvalue weighted by Gasteiger charge is 2.31. The fraction of sp³-hybridized carbons (Fsp3) is 0.231. The highest BCUT2D eigenvalue weighted by Crippen LogP contribution is 2.32. The number of fused-ring (bicyclic) bond motifs is 1. The zero-order valence-electron chi connectivity index (χ0n) is 20.5. The minimum absolute atomic E-state index is 0.0167. The van der Waals surface area contributed by atoms with Crippen molar-refractivity contribution in [3.63, 3.8) is 0 Å². The first kappa shape index (κ1) is 26.2. The molecule has 0 bridgehead atoms. The first-order valence-corrected chi connectivity index (χ1v) is 11.6. The zero-order valence-corrected chi connectivity index (χ0v) is 20.5. The Balaban J connectivity index is 1.53. The standard InChI is InChI=1S/C26H20F6N6O/c1-14-20(15(2)39-37-14)22-35-23(33-11-17-4-3-5-19(10-17)26(30,31)32)21-24(36-22)38(13-34-21)12-16-6-8-18(9-7-16)25(27,28)29/h3-10,13H,11-12H2,1-2H3,(H,33,35,36). The summed E-state index contributed by atoms with van der Waals surface area (Å²) in [5.41, 5.74) is 1.21. The van der Waals surface area contributed by atoms with Crippen LogP contribution in [0.4, 0.5) is 32.2 Å². The van der Waals surface area contributed by atoms with Gasteiger partial charge in [-0.05, 0) is 49.2 Å². The van der Waals surface area contributed by atoms with Crippen molar-refractivity contribution in [3.05, 3.63) is 88.6 Å². The Labute approximate surface area is 217 Å². The molecule has 7 nitrogen and oxygen atoms in total. The molecule has 202 valence electrons. The third-order valence-electron chi connectivity index (χ3n) is 6.07. The summed E-state index contributed by atoms with van der Waals surface area (Å²) in [7, 11) is 0. The minimum Gasteiger partial charge on any atom is -0.364 e. The summed E-state index contributed by atoms with van der Waals surface area (Å²) in [5, 5.41) is 6.99. The van der Waals surface area contributed by atoms with E-state index in [1.165, 1.54) is 24.5 Å². The van der Waals surface area contributed by atoms with Crippen molar-refractivity contribution in [2.24, 2.45) is 0 Å². The number of nitrogens with one attached hydrogen (secondary N) is 1. The monoisotopic (exact) mass is 546 g/mol. The number of hydrogen-bond donors (Lipinski definition) is 1. The number of nitrogens with zero attached hydrogens (tertiary/aromatic N) is 5. The second kappa shape index (κ2) is 9.71. The topological polar surface area (TPSA) is 81.7 Å². The lowest BCUT2D eigenvalue weighted by molar-refractivity contribution is -0.138. The predicted octanol–water partition coefficient (Wildman–Crippen LogP) is 6.80. The number of benzene rings is 2. The molecule has 1 N–H and O–H groups in total. The van der Waals surface area contributed by atoms with Crippen LogP contribution in [0.5, 0.6) is 0 Å². The number of anilines is 1. The van der Waals surface area contributed by atoms with Crippen LogP contribution < -0.4 is 5.32 Å². The van der Waals surface area contributed by atoms with Crippen LogP contribution in [0.15, 0.2) is 59.4 Å². The highest BCUT2D eigenvalue weighted by atomic mass is 19.4. The summed E-state index contributed by atoms with van der Waals surface area (Å²) in [6.45, 7) is 3.59. The molecule has 13 heteroatoms. The molecule has 0 aliphatic carbocycles. The number of imidazole rings is 1. The van der Waals surface area contributed by atoms with Gasteiger partial charge in [0.2, 0.25) is 0 Å². The Morgan fingerprint density at radius 2 is 1.59 bits per heavy atom. The molecule has 0 aliphatic heterocycles. The molecule has 0 spiro atoms. The third-order valence-corrected chi connectivity index (χ3v) is 6.07. The molecule has 0 radical (unpaired) electrons. The third kappa shape index (κ3) is 5.42. The number of hydrogen-bond acceptors (Lipinski definition) is 6. The van der Waals surface area contributed by atoms with Gasteiger partial charge in [0.25, 0.3) is 0 Å². The first-order valence-electron chi connectivity index (χ1n) is 11.6. The summed E-state index contributed by atoms with van der Waals surface area (Å²) >= 11 is 0. The van der Waals surface area contributed by atoms with Crippen LogP contribution in [-0.4, -0.2) is 24.7 Å². The van der Waals surface area contributed by atoms with E-state index in [1.807, 2.05) is 0 Å². The van der Waals surface area contributed by atoms with Crippen molar-refractivity contribution in [2.75, 3.05) is 5.32 Å². The number of aromatic nitrogens is 5. The van der Waals surface area contributed by atoms with Gasteiger partial charge in [-0.2, -0.15) is 26.3 Å². The van der Waals surface area contributed by atoms with Gasteiger partial charge in [0.15, 0.2) is 17.3 Å². The lowest BCUT2D eigenvalue weighted by Crippen LogP contribution is -2.09. The summed E-state index contributed by atoms with van der Waals surface area (Å²) < 4.78 is 85.3. The molecular weight excluding hydrogens is 526 g/mol. The van der Waals surface area contributed by atoms with E-state index in [2.05, 4.69) is 25.4 Å².